The lowest BCUT2D eigenvalue weighted by Gasteiger charge is -2.27. The monoisotopic (exact) mass is 1240 g/mol. The second-order valence-corrected chi connectivity index (χ2v) is 24.0. The Labute approximate surface area is 454 Å². The number of ether oxygens (including phenoxy) is 4. The van der Waals surface area contributed by atoms with Crippen molar-refractivity contribution in [3.8, 4) is 5.88 Å². The zero-order chi connectivity index (χ0) is 59.0. The number of rotatable bonds is 21. The number of aromatic amines is 1. The Hall–Kier alpha value is -6.00. The molecule has 15 N–H and O–H groups in total. The van der Waals surface area contributed by atoms with Gasteiger partial charge in [0.2, 0.25) is 24.5 Å². The van der Waals surface area contributed by atoms with Gasteiger partial charge in [-0.3, -0.25) is 37.0 Å². The smallest absolute Gasteiger partial charge is 0.490 e. The molecule has 3 aliphatic heterocycles. The molecule has 10 rings (SSSR count). The number of aryl methyl sites for hydroxylation is 1. The summed E-state index contributed by atoms with van der Waals surface area (Å²) in [7, 11) is -21.3. The van der Waals surface area contributed by atoms with Gasteiger partial charge >= 0.3 is 31.3 Å². The number of hydrogen-bond acceptors (Lipinski definition) is 30. The standard InChI is InChI=1S/C38H46FN15O24P4/c1-51-13-54(30-20(51)32(60)50-38(41)48-30)34-22(56)21(55)16(72-34)8-70-79(61,62)77-82(67,68)78-80(63,64)71-9-17-25(75-81(65,66)76-36-24(58)23(57)33(74-36)53-12-46-19-29(53)47-37(40)49-31(19)59)26(69-2)35(73-17)52-11-45-18-27(43-10-44-28(18)52)42-7-14-3-5-15(39)6-4-14/h3-6,10-13,16-17,21-26,33-36,55-58H,7-9H2,1-2H3,(H10-,40,41,42,43,44,47,48,49,50,59,60,61,62,63,64,65,66,67,68)/p+1/t16-,17-,21?,22?,23?,24-,25+,26?,33-,34-,35-,36-/m1/s1. The molecule has 8 unspecified atom stereocenters. The first-order valence-corrected chi connectivity index (χ1v) is 29.3. The van der Waals surface area contributed by atoms with Crippen LogP contribution in [0.5, 0.6) is 5.88 Å². The van der Waals surface area contributed by atoms with E-state index in [2.05, 4.69) is 53.8 Å². The zero-order valence-corrected chi connectivity index (χ0v) is 45.1. The third-order valence-electron chi connectivity index (χ3n) is 12.6. The van der Waals surface area contributed by atoms with Gasteiger partial charge in [-0.1, -0.05) is 12.1 Å². The maximum Gasteiger partial charge on any atom is 0.490 e. The molecule has 39 nitrogen and oxygen atoms in total. The molecule has 0 amide bonds. The maximum atomic E-state index is 14.0. The molecular weight excluding hydrogens is 1190 g/mol. The Balaban J connectivity index is 0.843. The summed E-state index contributed by atoms with van der Waals surface area (Å²) in [6, 6.07) is 5.51. The number of halogens is 1. The van der Waals surface area contributed by atoms with Crippen LogP contribution < -0.4 is 26.9 Å². The Morgan fingerprint density at radius 2 is 1.34 bits per heavy atom. The molecule has 0 saturated carbocycles. The number of aliphatic hydroxyl groups excluding tert-OH is 4. The van der Waals surface area contributed by atoms with Gasteiger partial charge in [0.15, 0.2) is 46.9 Å². The van der Waals surface area contributed by atoms with Crippen LogP contribution in [0.25, 0.3) is 33.5 Å². The summed E-state index contributed by atoms with van der Waals surface area (Å²) in [5, 5.41) is 56.8. The molecule has 0 radical (unpaired) electrons. The van der Waals surface area contributed by atoms with Gasteiger partial charge in [0.1, 0.15) is 61.0 Å². The number of aromatic hydroxyl groups is 1. The van der Waals surface area contributed by atoms with Crippen molar-refractivity contribution >= 4 is 82.5 Å². The van der Waals surface area contributed by atoms with Crippen molar-refractivity contribution < 1.29 is 118 Å². The first kappa shape index (κ1) is 59.2. The molecule has 0 aliphatic carbocycles. The summed E-state index contributed by atoms with van der Waals surface area (Å²) in [5.74, 6) is -1.62. The fourth-order valence-electron chi connectivity index (χ4n) is 8.97. The quantitative estimate of drug-likeness (QED) is 0.0269. The molecule has 6 aromatic heterocycles. The van der Waals surface area contributed by atoms with Crippen LogP contribution in [-0.4, -0.2) is 174 Å². The molecular formula is C38H47FN15O24P4+. The number of imidazole rings is 3. The first-order chi connectivity index (χ1) is 38.6. The van der Waals surface area contributed by atoms with Crippen LogP contribution in [0.15, 0.2) is 54.4 Å². The first-order valence-electron chi connectivity index (χ1n) is 23.3. The van der Waals surface area contributed by atoms with Gasteiger partial charge in [0, 0.05) is 13.7 Å². The van der Waals surface area contributed by atoms with Crippen molar-refractivity contribution in [2.75, 3.05) is 37.1 Å². The number of anilines is 3. The van der Waals surface area contributed by atoms with Crippen LogP contribution in [0.4, 0.5) is 22.1 Å². The van der Waals surface area contributed by atoms with Crippen LogP contribution in [0.2, 0.25) is 0 Å². The predicted octanol–water partition coefficient (Wildman–Crippen LogP) is -2.17. The number of nitrogens with two attached hydrogens (primary N) is 2. The van der Waals surface area contributed by atoms with E-state index in [0.29, 0.717) is 5.56 Å². The number of nitrogens with zero attached hydrogens (tertiary/aromatic N) is 11. The number of hydrogen-bond donors (Lipinski definition) is 13. The average Bonchev–Trinajstić information content (AvgIpc) is 2.93. The molecule has 3 aliphatic rings. The molecule has 1 aromatic carbocycles. The Morgan fingerprint density at radius 1 is 0.720 bits per heavy atom. The molecule has 7 aromatic rings. The van der Waals surface area contributed by atoms with Crippen molar-refractivity contribution in [1.82, 2.24) is 53.6 Å². The molecule has 44 heteroatoms. The van der Waals surface area contributed by atoms with Gasteiger partial charge in [0.05, 0.1) is 32.9 Å². The molecule has 0 spiro atoms. The van der Waals surface area contributed by atoms with E-state index in [1.54, 1.807) is 0 Å². The van der Waals surface area contributed by atoms with Gasteiger partial charge in [-0.25, -0.2) is 47.2 Å². The topological polar surface area (TPSA) is 548 Å². The summed E-state index contributed by atoms with van der Waals surface area (Å²) in [6.45, 7) is -2.37. The molecule has 82 heavy (non-hydrogen) atoms. The highest BCUT2D eigenvalue weighted by molar-refractivity contribution is 7.66. The number of aromatic nitrogens is 12. The van der Waals surface area contributed by atoms with Crippen LogP contribution in [0, 0.1) is 5.82 Å². The molecule has 16 atom stereocenters. The third kappa shape index (κ3) is 12.0. The summed E-state index contributed by atoms with van der Waals surface area (Å²) in [4.78, 5) is 85.8. The van der Waals surface area contributed by atoms with Crippen molar-refractivity contribution in [3.63, 3.8) is 0 Å². The van der Waals surface area contributed by atoms with E-state index in [9.17, 15) is 72.6 Å². The number of fused-ring (bicyclic) bond motifs is 3. The number of nitrogen functional groups attached to an aromatic ring is 2. The molecule has 9 heterocycles. The minimum absolute atomic E-state index is 0.000821. The van der Waals surface area contributed by atoms with Crippen molar-refractivity contribution in [3.05, 3.63) is 71.3 Å². The fourth-order valence-corrected chi connectivity index (χ4v) is 13.5. The van der Waals surface area contributed by atoms with Gasteiger partial charge in [-0.2, -0.15) is 28.1 Å². The van der Waals surface area contributed by atoms with Gasteiger partial charge in [0.25, 0.3) is 22.6 Å². The summed E-state index contributed by atoms with van der Waals surface area (Å²) in [5.41, 5.74) is 10.7. The minimum atomic E-state index is -6.26. The summed E-state index contributed by atoms with van der Waals surface area (Å²) in [6.07, 6.45) is -17.5. The number of aliphatic hydroxyl groups is 4. The Kier molecular flexibility index (Phi) is 16.3. The fraction of sp³-hybridized carbons (Fsp3) is 0.447. The van der Waals surface area contributed by atoms with Gasteiger partial charge in [-0.05, 0) is 17.7 Å². The van der Waals surface area contributed by atoms with E-state index in [1.807, 2.05) is 0 Å². The molecule has 0 bridgehead atoms. The van der Waals surface area contributed by atoms with Crippen molar-refractivity contribution in [2.24, 2.45) is 7.05 Å². The number of phosphoric ester groups is 3. The highest BCUT2D eigenvalue weighted by atomic mass is 31.3. The lowest BCUT2D eigenvalue weighted by molar-refractivity contribution is -0.646. The van der Waals surface area contributed by atoms with Crippen LogP contribution in [-0.2, 0) is 77.5 Å². The number of methoxy groups -OCH3 is 1. The average molecular weight is 1240 g/mol. The number of nitrogens with one attached hydrogen (secondary N) is 2. The maximum absolute atomic E-state index is 14.0. The minimum Gasteiger partial charge on any atom is -0.490 e. The number of benzene rings is 1. The van der Waals surface area contributed by atoms with E-state index in [1.165, 1.54) is 46.8 Å². The van der Waals surface area contributed by atoms with E-state index in [0.717, 1.165) is 35.2 Å². The van der Waals surface area contributed by atoms with E-state index in [4.69, 9.17) is 48.5 Å². The van der Waals surface area contributed by atoms with Crippen LogP contribution in [0.1, 0.15) is 24.2 Å². The Bertz CT molecular complexity index is 3810. The second-order valence-electron chi connectivity index (χ2n) is 18.0. The third-order valence-corrected chi connectivity index (χ3v) is 17.8. The largest absolute Gasteiger partial charge is 0.490 e. The lowest BCUT2D eigenvalue weighted by atomic mass is 10.1. The highest BCUT2D eigenvalue weighted by Crippen LogP contribution is 2.68. The second kappa shape index (κ2) is 22.5. The normalized spacial score (nSPS) is 28.8. The van der Waals surface area contributed by atoms with Crippen molar-refractivity contribution in [2.45, 2.75) is 80.4 Å². The molecule has 3 fully saturated rings. The predicted molar refractivity (Wildman–Crippen MR) is 262 cm³/mol. The molecule has 3 saturated heterocycles. The molecule has 444 valence electrons. The van der Waals surface area contributed by atoms with E-state index < -0.39 is 136 Å². The summed E-state index contributed by atoms with van der Waals surface area (Å²) < 4.78 is 123. The SMILES string of the molecule is COC1[C@@H](OP(=O)(O)O[C@H]2O[C@@H](n3cnc4c(=O)[nH]c(N)nc43)C(O)[C@H]2O)[C@@H](COP(=O)(O)OP(=O)(O)OP(=O)(O)OC[C@H]2O[C@@H](n3c[n+](C)c4c(O)nc(N)nc43)C(O)C2O)O[C@H]1n1cnc2c(NCc3ccc(F)cc3)ncnc21. The van der Waals surface area contributed by atoms with Crippen LogP contribution >= 0.6 is 31.3 Å². The van der Waals surface area contributed by atoms with Gasteiger partial charge in [-0.15, -0.1) is 0 Å². The lowest BCUT2D eigenvalue weighted by Crippen LogP contribution is -2.38. The Morgan fingerprint density at radius 3 is 2.02 bits per heavy atom. The number of H-pyrrole nitrogens is 1. The van der Waals surface area contributed by atoms with E-state index >= 15 is 0 Å². The highest BCUT2D eigenvalue weighted by Gasteiger charge is 2.55. The van der Waals surface area contributed by atoms with Crippen molar-refractivity contribution in [1.29, 1.82) is 0 Å². The zero-order valence-electron chi connectivity index (χ0n) is 41.6. The van der Waals surface area contributed by atoms with Gasteiger partial charge < -0.3 is 80.8 Å². The van der Waals surface area contributed by atoms with Crippen LogP contribution in [0.3, 0.4) is 0 Å². The summed E-state index contributed by atoms with van der Waals surface area (Å²) >= 11 is 0. The number of phosphoric acid groups is 4. The van der Waals surface area contributed by atoms with E-state index in [-0.39, 0.29) is 57.8 Å².